The third-order valence-electron chi connectivity index (χ3n) is 3.58. The molecule has 2 aromatic rings. The fraction of sp³-hybridized carbons (Fsp3) is 0.222. The van der Waals surface area contributed by atoms with Gasteiger partial charge in [0.05, 0.1) is 11.2 Å². The SMILES string of the molecule is Cc1ccc(C)c(OCC(=O)NN=Cc2ccc(Cl)cc2Cl)c1C. The van der Waals surface area contributed by atoms with Crippen molar-refractivity contribution in [3.63, 3.8) is 0 Å². The van der Waals surface area contributed by atoms with Crippen LogP contribution in [-0.4, -0.2) is 18.7 Å². The van der Waals surface area contributed by atoms with E-state index in [0.29, 0.717) is 15.6 Å². The highest BCUT2D eigenvalue weighted by atomic mass is 35.5. The molecule has 0 fully saturated rings. The fourth-order valence-corrected chi connectivity index (χ4v) is 2.55. The third-order valence-corrected chi connectivity index (χ3v) is 4.14. The molecule has 2 rings (SSSR count). The van der Waals surface area contributed by atoms with Crippen LogP contribution in [0.25, 0.3) is 0 Å². The maximum atomic E-state index is 11.8. The van der Waals surface area contributed by atoms with Crippen LogP contribution in [0.5, 0.6) is 5.75 Å². The van der Waals surface area contributed by atoms with Crippen LogP contribution >= 0.6 is 23.2 Å². The molecule has 0 aromatic heterocycles. The Hall–Kier alpha value is -2.04. The van der Waals surface area contributed by atoms with Gasteiger partial charge in [-0.05, 0) is 49.6 Å². The van der Waals surface area contributed by atoms with Crippen molar-refractivity contribution in [3.05, 3.63) is 62.6 Å². The second kappa shape index (κ2) is 8.18. The minimum Gasteiger partial charge on any atom is -0.483 e. The Bertz CT molecular complexity index is 789. The summed E-state index contributed by atoms with van der Waals surface area (Å²) in [6.45, 7) is 5.80. The summed E-state index contributed by atoms with van der Waals surface area (Å²) in [6, 6.07) is 9.02. The number of amides is 1. The molecule has 0 heterocycles. The number of hydrogen-bond acceptors (Lipinski definition) is 3. The van der Waals surface area contributed by atoms with E-state index in [1.54, 1.807) is 18.2 Å². The lowest BCUT2D eigenvalue weighted by atomic mass is 10.1. The van der Waals surface area contributed by atoms with Gasteiger partial charge in [0, 0.05) is 10.6 Å². The van der Waals surface area contributed by atoms with E-state index in [0.717, 1.165) is 22.4 Å². The zero-order valence-electron chi connectivity index (χ0n) is 13.7. The largest absolute Gasteiger partial charge is 0.483 e. The molecule has 0 radical (unpaired) electrons. The van der Waals surface area contributed by atoms with Crippen molar-refractivity contribution in [1.29, 1.82) is 0 Å². The van der Waals surface area contributed by atoms with Crippen LogP contribution in [0, 0.1) is 20.8 Å². The first kappa shape index (κ1) is 18.3. The van der Waals surface area contributed by atoms with E-state index in [-0.39, 0.29) is 12.5 Å². The standard InChI is InChI=1S/C18H18Cl2N2O2/c1-11-4-5-12(2)18(13(11)3)24-10-17(23)22-21-9-14-6-7-15(19)8-16(14)20/h4-9H,10H2,1-3H3,(H,22,23). The molecule has 126 valence electrons. The Balaban J connectivity index is 1.92. The molecule has 0 aliphatic rings. The summed E-state index contributed by atoms with van der Waals surface area (Å²) in [6.07, 6.45) is 1.46. The van der Waals surface area contributed by atoms with Gasteiger partial charge in [-0.3, -0.25) is 4.79 Å². The quantitative estimate of drug-likeness (QED) is 0.629. The molecule has 0 aliphatic carbocycles. The van der Waals surface area contributed by atoms with Crippen molar-refractivity contribution in [1.82, 2.24) is 5.43 Å². The summed E-state index contributed by atoms with van der Waals surface area (Å²) >= 11 is 11.8. The number of carbonyl (C=O) groups excluding carboxylic acids is 1. The van der Waals surface area contributed by atoms with Crippen molar-refractivity contribution in [2.24, 2.45) is 5.10 Å². The van der Waals surface area contributed by atoms with Crippen LogP contribution in [0.2, 0.25) is 10.0 Å². The van der Waals surface area contributed by atoms with Crippen LogP contribution in [0.3, 0.4) is 0 Å². The molecule has 0 saturated carbocycles. The van der Waals surface area contributed by atoms with Gasteiger partial charge in [-0.2, -0.15) is 5.10 Å². The zero-order chi connectivity index (χ0) is 17.7. The van der Waals surface area contributed by atoms with Gasteiger partial charge in [0.2, 0.25) is 0 Å². The molecular formula is C18H18Cl2N2O2. The van der Waals surface area contributed by atoms with Crippen molar-refractivity contribution >= 4 is 35.3 Å². The lowest BCUT2D eigenvalue weighted by Gasteiger charge is -2.13. The average molecular weight is 365 g/mol. The molecule has 0 unspecified atom stereocenters. The van der Waals surface area contributed by atoms with Crippen molar-refractivity contribution in [2.75, 3.05) is 6.61 Å². The number of halogens is 2. The number of rotatable bonds is 5. The Kier molecular flexibility index (Phi) is 6.23. The molecule has 0 atom stereocenters. The summed E-state index contributed by atoms with van der Waals surface area (Å²) in [5.74, 6) is 0.381. The molecule has 0 spiro atoms. The van der Waals surface area contributed by atoms with Crippen LogP contribution in [0.1, 0.15) is 22.3 Å². The third kappa shape index (κ3) is 4.73. The lowest BCUT2D eigenvalue weighted by molar-refractivity contribution is -0.123. The van der Waals surface area contributed by atoms with Gasteiger partial charge in [-0.25, -0.2) is 5.43 Å². The van der Waals surface area contributed by atoms with Crippen LogP contribution in [0.4, 0.5) is 0 Å². The van der Waals surface area contributed by atoms with Crippen molar-refractivity contribution in [2.45, 2.75) is 20.8 Å². The van der Waals surface area contributed by atoms with Crippen LogP contribution in [0.15, 0.2) is 35.4 Å². The van der Waals surface area contributed by atoms with E-state index < -0.39 is 0 Å². The lowest BCUT2D eigenvalue weighted by Crippen LogP contribution is -2.25. The topological polar surface area (TPSA) is 50.7 Å². The maximum absolute atomic E-state index is 11.8. The minimum absolute atomic E-state index is 0.114. The summed E-state index contributed by atoms with van der Waals surface area (Å²) in [5, 5.41) is 4.88. The molecule has 4 nitrogen and oxygen atoms in total. The number of nitrogens with zero attached hydrogens (tertiary/aromatic N) is 1. The van der Waals surface area contributed by atoms with E-state index in [2.05, 4.69) is 10.5 Å². The second-order valence-electron chi connectivity index (χ2n) is 5.40. The molecule has 6 heteroatoms. The minimum atomic E-state index is -0.350. The highest BCUT2D eigenvalue weighted by Crippen LogP contribution is 2.25. The Morgan fingerprint density at radius 1 is 1.17 bits per heavy atom. The summed E-state index contributed by atoms with van der Waals surface area (Å²) in [7, 11) is 0. The van der Waals surface area contributed by atoms with Gasteiger partial charge in [0.1, 0.15) is 5.75 Å². The highest BCUT2D eigenvalue weighted by molar-refractivity contribution is 6.36. The molecular weight excluding hydrogens is 347 g/mol. The predicted octanol–water partition coefficient (Wildman–Crippen LogP) is 4.45. The first-order valence-electron chi connectivity index (χ1n) is 7.35. The molecule has 0 aliphatic heterocycles. The van der Waals surface area contributed by atoms with Gasteiger partial charge in [-0.15, -0.1) is 0 Å². The van der Waals surface area contributed by atoms with E-state index >= 15 is 0 Å². The summed E-state index contributed by atoms with van der Waals surface area (Å²) in [5.41, 5.74) is 6.20. The number of ether oxygens (including phenoxy) is 1. The van der Waals surface area contributed by atoms with E-state index in [1.807, 2.05) is 32.9 Å². The number of hydrogen-bond donors (Lipinski definition) is 1. The van der Waals surface area contributed by atoms with Gasteiger partial charge in [0.15, 0.2) is 6.61 Å². The van der Waals surface area contributed by atoms with Gasteiger partial charge >= 0.3 is 0 Å². The summed E-state index contributed by atoms with van der Waals surface area (Å²) in [4.78, 5) is 11.8. The van der Waals surface area contributed by atoms with Gasteiger partial charge < -0.3 is 4.74 Å². The Morgan fingerprint density at radius 3 is 2.58 bits per heavy atom. The normalized spacial score (nSPS) is 10.9. The fourth-order valence-electron chi connectivity index (χ4n) is 2.10. The van der Waals surface area contributed by atoms with Crippen LogP contribution < -0.4 is 10.2 Å². The molecule has 2 aromatic carbocycles. The van der Waals surface area contributed by atoms with Crippen molar-refractivity contribution < 1.29 is 9.53 Å². The van der Waals surface area contributed by atoms with E-state index in [4.69, 9.17) is 27.9 Å². The smallest absolute Gasteiger partial charge is 0.277 e. The van der Waals surface area contributed by atoms with Gasteiger partial charge in [-0.1, -0.05) is 41.4 Å². The van der Waals surface area contributed by atoms with E-state index in [1.165, 1.54) is 6.21 Å². The first-order chi connectivity index (χ1) is 11.4. The molecule has 1 N–H and O–H groups in total. The Morgan fingerprint density at radius 2 is 1.88 bits per heavy atom. The number of carbonyl (C=O) groups is 1. The Labute approximate surface area is 151 Å². The number of aryl methyl sites for hydroxylation is 2. The van der Waals surface area contributed by atoms with E-state index in [9.17, 15) is 4.79 Å². The number of nitrogens with one attached hydrogen (secondary N) is 1. The molecule has 1 amide bonds. The number of benzene rings is 2. The maximum Gasteiger partial charge on any atom is 0.277 e. The molecule has 0 saturated heterocycles. The number of hydrazone groups is 1. The monoisotopic (exact) mass is 364 g/mol. The van der Waals surface area contributed by atoms with Gasteiger partial charge in [0.25, 0.3) is 5.91 Å². The molecule has 24 heavy (non-hydrogen) atoms. The predicted molar refractivity (Wildman–Crippen MR) is 98.3 cm³/mol. The first-order valence-corrected chi connectivity index (χ1v) is 8.10. The average Bonchev–Trinajstić information content (AvgIpc) is 2.53. The second-order valence-corrected chi connectivity index (χ2v) is 6.24. The summed E-state index contributed by atoms with van der Waals surface area (Å²) < 4.78 is 5.62. The highest BCUT2D eigenvalue weighted by Gasteiger charge is 2.08. The van der Waals surface area contributed by atoms with Crippen LogP contribution in [-0.2, 0) is 4.79 Å². The molecule has 0 bridgehead atoms. The van der Waals surface area contributed by atoms with Crippen molar-refractivity contribution in [3.8, 4) is 5.75 Å². The zero-order valence-corrected chi connectivity index (χ0v) is 15.2.